The van der Waals surface area contributed by atoms with E-state index < -0.39 is 0 Å². The fourth-order valence-electron chi connectivity index (χ4n) is 2.20. The van der Waals surface area contributed by atoms with Gasteiger partial charge in [-0.3, -0.25) is 4.98 Å². The summed E-state index contributed by atoms with van der Waals surface area (Å²) in [5.41, 5.74) is 3.17. The topological polar surface area (TPSA) is 34.2 Å². The Morgan fingerprint density at radius 3 is 2.72 bits per heavy atom. The van der Waals surface area contributed by atoms with Gasteiger partial charge in [-0.15, -0.1) is 0 Å². The summed E-state index contributed by atoms with van der Waals surface area (Å²) in [6.07, 6.45) is 2.48. The molecule has 3 nitrogen and oxygen atoms in total. The Kier molecular flexibility index (Phi) is 2.78. The van der Waals surface area contributed by atoms with Crippen LogP contribution in [-0.4, -0.2) is 19.1 Å². The Morgan fingerprint density at radius 1 is 1.33 bits per heavy atom. The van der Waals surface area contributed by atoms with Crippen LogP contribution >= 0.6 is 11.6 Å². The highest BCUT2D eigenvalue weighted by Crippen LogP contribution is 2.42. The van der Waals surface area contributed by atoms with E-state index in [0.29, 0.717) is 16.7 Å². The zero-order valence-corrected chi connectivity index (χ0v) is 11.2. The van der Waals surface area contributed by atoms with Gasteiger partial charge in [0.2, 0.25) is 0 Å². The molecular formula is C14H15ClN2O. The van der Waals surface area contributed by atoms with Crippen LogP contribution in [0.3, 0.4) is 0 Å². The Labute approximate surface area is 111 Å². The molecule has 3 rings (SSSR count). The maximum absolute atomic E-state index is 6.17. The first-order valence-corrected chi connectivity index (χ1v) is 6.46. The number of nitrogens with zero attached hydrogens (tertiary/aromatic N) is 1. The summed E-state index contributed by atoms with van der Waals surface area (Å²) in [5, 5.41) is 4.87. The minimum Gasteiger partial charge on any atom is -0.495 e. The van der Waals surface area contributed by atoms with Gasteiger partial charge < -0.3 is 10.1 Å². The van der Waals surface area contributed by atoms with Crippen LogP contribution < -0.4 is 10.1 Å². The van der Waals surface area contributed by atoms with Gasteiger partial charge in [0.25, 0.3) is 0 Å². The zero-order valence-electron chi connectivity index (χ0n) is 10.5. The SMILES string of the molecule is CNc1cc(C2CC2)nc2cc(OC)c(Cl)cc12. The summed E-state index contributed by atoms with van der Waals surface area (Å²) in [6, 6.07) is 5.94. The van der Waals surface area contributed by atoms with Crippen LogP contribution in [0.2, 0.25) is 5.02 Å². The van der Waals surface area contributed by atoms with Crippen molar-refractivity contribution in [1.82, 2.24) is 4.98 Å². The van der Waals surface area contributed by atoms with E-state index in [9.17, 15) is 0 Å². The van der Waals surface area contributed by atoms with E-state index in [4.69, 9.17) is 21.3 Å². The molecule has 94 valence electrons. The standard InChI is InChI=1S/C14H15ClN2O/c1-16-12-6-11(8-3-4-8)17-13-7-14(18-2)10(15)5-9(12)13/h5-8H,3-4H2,1-2H3,(H,16,17). The number of fused-ring (bicyclic) bond motifs is 1. The monoisotopic (exact) mass is 262 g/mol. The average Bonchev–Trinajstić information content (AvgIpc) is 3.21. The highest BCUT2D eigenvalue weighted by atomic mass is 35.5. The largest absolute Gasteiger partial charge is 0.495 e. The van der Waals surface area contributed by atoms with Gasteiger partial charge in [0.05, 0.1) is 17.6 Å². The molecule has 0 atom stereocenters. The smallest absolute Gasteiger partial charge is 0.139 e. The minimum absolute atomic E-state index is 0.613. The fourth-order valence-corrected chi connectivity index (χ4v) is 2.44. The Morgan fingerprint density at radius 2 is 2.11 bits per heavy atom. The predicted octanol–water partition coefficient (Wildman–Crippen LogP) is 3.82. The van der Waals surface area contributed by atoms with Crippen molar-refractivity contribution in [2.75, 3.05) is 19.5 Å². The van der Waals surface area contributed by atoms with Crippen LogP contribution in [-0.2, 0) is 0 Å². The van der Waals surface area contributed by atoms with E-state index in [2.05, 4.69) is 11.4 Å². The fraction of sp³-hybridized carbons (Fsp3) is 0.357. The second-order valence-corrected chi connectivity index (χ2v) is 5.03. The number of hydrogen-bond donors (Lipinski definition) is 1. The molecule has 1 saturated carbocycles. The molecule has 1 aliphatic carbocycles. The second-order valence-electron chi connectivity index (χ2n) is 4.62. The van der Waals surface area contributed by atoms with Crippen molar-refractivity contribution < 1.29 is 4.74 Å². The predicted molar refractivity (Wildman–Crippen MR) is 74.8 cm³/mol. The lowest BCUT2D eigenvalue weighted by atomic mass is 10.1. The van der Waals surface area contributed by atoms with Crippen LogP contribution in [0, 0.1) is 0 Å². The third-order valence-corrected chi connectivity index (χ3v) is 3.66. The molecule has 0 amide bonds. The van der Waals surface area contributed by atoms with Gasteiger partial charge in [0.1, 0.15) is 5.75 Å². The second kappa shape index (κ2) is 4.32. The van der Waals surface area contributed by atoms with Crippen molar-refractivity contribution in [1.29, 1.82) is 0 Å². The number of anilines is 1. The van der Waals surface area contributed by atoms with Crippen molar-refractivity contribution in [3.05, 3.63) is 28.9 Å². The number of hydrogen-bond acceptors (Lipinski definition) is 3. The Hall–Kier alpha value is -1.48. The summed E-state index contributed by atoms with van der Waals surface area (Å²) < 4.78 is 5.25. The lowest BCUT2D eigenvalue weighted by molar-refractivity contribution is 0.415. The summed E-state index contributed by atoms with van der Waals surface area (Å²) in [5.74, 6) is 1.30. The number of pyridine rings is 1. The van der Waals surface area contributed by atoms with Crippen LogP contribution in [0.15, 0.2) is 18.2 Å². The Bertz CT molecular complexity index is 608. The lowest BCUT2D eigenvalue weighted by Gasteiger charge is -2.11. The van der Waals surface area contributed by atoms with Crippen molar-refractivity contribution in [2.45, 2.75) is 18.8 Å². The van der Waals surface area contributed by atoms with Crippen molar-refractivity contribution >= 4 is 28.2 Å². The Balaban J connectivity index is 2.25. The summed E-state index contributed by atoms with van der Waals surface area (Å²) in [7, 11) is 3.54. The summed E-state index contributed by atoms with van der Waals surface area (Å²) >= 11 is 6.17. The molecule has 0 radical (unpaired) electrons. The summed E-state index contributed by atoms with van der Waals surface area (Å²) in [4.78, 5) is 4.72. The number of benzene rings is 1. The van der Waals surface area contributed by atoms with Gasteiger partial charge in [-0.05, 0) is 25.0 Å². The number of methoxy groups -OCH3 is 1. The third kappa shape index (κ3) is 1.89. The molecule has 2 aromatic rings. The molecular weight excluding hydrogens is 248 g/mol. The van der Waals surface area contributed by atoms with Gasteiger partial charge in [0, 0.05) is 35.8 Å². The average molecular weight is 263 g/mol. The van der Waals surface area contributed by atoms with Crippen molar-refractivity contribution in [3.63, 3.8) is 0 Å². The first kappa shape index (κ1) is 11.6. The van der Waals surface area contributed by atoms with E-state index in [-0.39, 0.29) is 0 Å². The van der Waals surface area contributed by atoms with Gasteiger partial charge >= 0.3 is 0 Å². The van der Waals surface area contributed by atoms with E-state index in [1.807, 2.05) is 19.2 Å². The maximum Gasteiger partial charge on any atom is 0.139 e. The third-order valence-electron chi connectivity index (χ3n) is 3.37. The molecule has 1 aromatic carbocycles. The normalized spacial score (nSPS) is 14.8. The maximum atomic E-state index is 6.17. The molecule has 1 fully saturated rings. The molecule has 0 aliphatic heterocycles. The van der Waals surface area contributed by atoms with E-state index in [0.717, 1.165) is 22.3 Å². The number of aromatic nitrogens is 1. The van der Waals surface area contributed by atoms with Crippen molar-refractivity contribution in [2.24, 2.45) is 0 Å². The molecule has 0 saturated heterocycles. The molecule has 4 heteroatoms. The molecule has 18 heavy (non-hydrogen) atoms. The zero-order chi connectivity index (χ0) is 12.7. The molecule has 1 aromatic heterocycles. The van der Waals surface area contributed by atoms with Crippen LogP contribution in [0.25, 0.3) is 10.9 Å². The molecule has 0 spiro atoms. The molecule has 0 bridgehead atoms. The van der Waals surface area contributed by atoms with Gasteiger partial charge in [-0.1, -0.05) is 11.6 Å². The number of nitrogens with one attached hydrogen (secondary N) is 1. The molecule has 1 aliphatic rings. The first-order chi connectivity index (χ1) is 8.72. The quantitative estimate of drug-likeness (QED) is 0.913. The van der Waals surface area contributed by atoms with Gasteiger partial charge in [0.15, 0.2) is 0 Å². The summed E-state index contributed by atoms with van der Waals surface area (Å²) in [6.45, 7) is 0. The minimum atomic E-state index is 0.613. The van der Waals surface area contributed by atoms with Crippen LogP contribution in [0.5, 0.6) is 5.75 Å². The number of halogens is 1. The van der Waals surface area contributed by atoms with Crippen molar-refractivity contribution in [3.8, 4) is 5.75 Å². The first-order valence-electron chi connectivity index (χ1n) is 6.09. The van der Waals surface area contributed by atoms with E-state index >= 15 is 0 Å². The molecule has 1 N–H and O–H groups in total. The highest BCUT2D eigenvalue weighted by Gasteiger charge is 2.26. The molecule has 0 unspecified atom stereocenters. The van der Waals surface area contributed by atoms with Gasteiger partial charge in [-0.2, -0.15) is 0 Å². The number of rotatable bonds is 3. The highest BCUT2D eigenvalue weighted by molar-refractivity contribution is 6.33. The number of ether oxygens (including phenoxy) is 1. The van der Waals surface area contributed by atoms with Gasteiger partial charge in [-0.25, -0.2) is 0 Å². The lowest BCUT2D eigenvalue weighted by Crippen LogP contribution is -1.96. The van der Waals surface area contributed by atoms with E-state index in [1.54, 1.807) is 7.11 Å². The molecule has 1 heterocycles. The van der Waals surface area contributed by atoms with E-state index in [1.165, 1.54) is 12.8 Å². The van der Waals surface area contributed by atoms with Crippen LogP contribution in [0.1, 0.15) is 24.5 Å². The van der Waals surface area contributed by atoms with Crippen LogP contribution in [0.4, 0.5) is 5.69 Å².